The number of aliphatic hydroxyl groups is 2. The van der Waals surface area contributed by atoms with Crippen molar-refractivity contribution in [3.05, 3.63) is 4.91 Å². The molecule has 0 unspecified atom stereocenters. The van der Waals surface area contributed by atoms with Gasteiger partial charge < -0.3 is 25.0 Å². The number of nitrogens with one attached hydrogen (secondary N) is 1. The molecule has 0 spiro atoms. The highest BCUT2D eigenvalue weighted by atomic mass is 35.5. The van der Waals surface area contributed by atoms with Crippen molar-refractivity contribution in [3.63, 3.8) is 0 Å². The smallest absolute Gasteiger partial charge is 0.340 e. The molecule has 4 atom stereocenters. The van der Waals surface area contributed by atoms with Crippen molar-refractivity contribution >= 4 is 17.6 Å². The highest BCUT2D eigenvalue weighted by Crippen LogP contribution is 2.21. The zero-order valence-electron chi connectivity index (χ0n) is 10.9. The van der Waals surface area contributed by atoms with E-state index in [1.165, 1.54) is 7.11 Å². The van der Waals surface area contributed by atoms with E-state index in [1.54, 1.807) is 0 Å². The Bertz CT molecular complexity index is 334. The first-order chi connectivity index (χ1) is 9.57. The van der Waals surface area contributed by atoms with Crippen LogP contribution in [0.5, 0.6) is 0 Å². The van der Waals surface area contributed by atoms with Gasteiger partial charge in [-0.2, -0.15) is 5.01 Å². The van der Waals surface area contributed by atoms with Gasteiger partial charge in [0, 0.05) is 19.4 Å². The van der Waals surface area contributed by atoms with Crippen LogP contribution in [0.2, 0.25) is 0 Å². The normalized spacial score (nSPS) is 29.8. The minimum atomic E-state index is -0.987. The molecule has 0 saturated carbocycles. The summed E-state index contributed by atoms with van der Waals surface area (Å²) in [7, 11) is 1.41. The number of alkyl halides is 1. The van der Waals surface area contributed by atoms with E-state index in [4.69, 9.17) is 21.1 Å². The second-order valence-corrected chi connectivity index (χ2v) is 4.57. The van der Waals surface area contributed by atoms with E-state index in [1.807, 2.05) is 0 Å². The van der Waals surface area contributed by atoms with Crippen LogP contribution in [0.1, 0.15) is 6.42 Å². The number of carbonyl (C=O) groups excluding carboxylic acids is 1. The van der Waals surface area contributed by atoms with E-state index < -0.39 is 37.2 Å². The summed E-state index contributed by atoms with van der Waals surface area (Å²) in [6.07, 6.45) is -2.38. The molecule has 3 N–H and O–H groups in total. The molecule has 0 radical (unpaired) electrons. The lowest BCUT2D eigenvalue weighted by Crippen LogP contribution is -2.60. The Morgan fingerprint density at radius 2 is 2.35 bits per heavy atom. The molecule has 1 rings (SSSR count). The first-order valence-electron chi connectivity index (χ1n) is 6.01. The predicted molar refractivity (Wildman–Crippen MR) is 68.9 cm³/mol. The number of hydrogen-bond acceptors (Lipinski definition) is 7. The Balaban J connectivity index is 2.68. The fourth-order valence-electron chi connectivity index (χ4n) is 1.90. The largest absolute Gasteiger partial charge is 0.394 e. The molecule has 0 aliphatic carbocycles. The molecule has 2 amide bonds. The van der Waals surface area contributed by atoms with E-state index in [0.29, 0.717) is 5.01 Å². The first kappa shape index (κ1) is 17.1. The molecule has 0 aromatic rings. The summed E-state index contributed by atoms with van der Waals surface area (Å²) in [5.74, 6) is 0.0397. The molecule has 1 aliphatic rings. The van der Waals surface area contributed by atoms with E-state index in [9.17, 15) is 19.9 Å². The van der Waals surface area contributed by atoms with Gasteiger partial charge in [0.2, 0.25) is 0 Å². The first-order valence-corrected chi connectivity index (χ1v) is 6.55. The standard InChI is InChI=1S/C10H18ClN3O6/c1-19-8-4-6(16)9(7(5-15)20-8)12-10(17)14(13-18)3-2-11/h6-9,15-16H,2-5H2,1H3,(H,12,17)/t6-,7+,8-,9-/m0/s1. The number of nitroso groups, excluding NO2 is 1. The monoisotopic (exact) mass is 311 g/mol. The predicted octanol–water partition coefficient (Wildman–Crippen LogP) is -0.599. The van der Waals surface area contributed by atoms with Crippen molar-refractivity contribution < 1.29 is 24.5 Å². The quantitative estimate of drug-likeness (QED) is 0.342. The van der Waals surface area contributed by atoms with Gasteiger partial charge >= 0.3 is 6.03 Å². The van der Waals surface area contributed by atoms with Crippen LogP contribution in [0.25, 0.3) is 0 Å². The SMILES string of the molecule is CO[C@@H]1C[C@H](O)[C@H](NC(=O)N(CCCl)N=O)[C@@H](CO)O1. The minimum Gasteiger partial charge on any atom is -0.394 e. The van der Waals surface area contributed by atoms with Crippen molar-refractivity contribution in [3.8, 4) is 0 Å². The summed E-state index contributed by atoms with van der Waals surface area (Å²) < 4.78 is 10.3. The number of amides is 2. The van der Waals surface area contributed by atoms with Crippen molar-refractivity contribution in [2.75, 3.05) is 26.1 Å². The van der Waals surface area contributed by atoms with Gasteiger partial charge in [0.15, 0.2) is 6.29 Å². The summed E-state index contributed by atoms with van der Waals surface area (Å²) in [4.78, 5) is 22.3. The molecule has 0 bridgehead atoms. The number of carbonyl (C=O) groups is 1. The third-order valence-electron chi connectivity index (χ3n) is 2.94. The highest BCUT2D eigenvalue weighted by molar-refractivity contribution is 6.18. The van der Waals surface area contributed by atoms with Crippen molar-refractivity contribution in [1.29, 1.82) is 0 Å². The number of hydrogen-bond donors (Lipinski definition) is 3. The van der Waals surface area contributed by atoms with Crippen molar-refractivity contribution in [2.24, 2.45) is 5.29 Å². The minimum absolute atomic E-state index is 0.0397. The Kier molecular flexibility index (Phi) is 7.10. The maximum absolute atomic E-state index is 11.8. The van der Waals surface area contributed by atoms with Crippen molar-refractivity contribution in [2.45, 2.75) is 31.0 Å². The van der Waals surface area contributed by atoms with Gasteiger partial charge in [0.1, 0.15) is 6.10 Å². The molecule has 1 aliphatic heterocycles. The fourth-order valence-corrected chi connectivity index (χ4v) is 2.06. The molecular formula is C10H18ClN3O6. The van der Waals surface area contributed by atoms with Gasteiger partial charge in [0.25, 0.3) is 0 Å². The van der Waals surface area contributed by atoms with Crippen LogP contribution in [-0.4, -0.2) is 71.9 Å². The number of urea groups is 1. The van der Waals surface area contributed by atoms with Crippen LogP contribution >= 0.6 is 11.6 Å². The van der Waals surface area contributed by atoms with Gasteiger partial charge in [-0.3, -0.25) is 0 Å². The molecule has 0 aromatic heterocycles. The third kappa shape index (κ3) is 4.25. The molecule has 20 heavy (non-hydrogen) atoms. The van der Waals surface area contributed by atoms with E-state index in [2.05, 4.69) is 10.6 Å². The molecule has 116 valence electrons. The van der Waals surface area contributed by atoms with Gasteiger partial charge in [-0.25, -0.2) is 4.79 Å². The van der Waals surface area contributed by atoms with Crippen LogP contribution in [0.4, 0.5) is 4.79 Å². The number of ether oxygens (including phenoxy) is 2. The maximum Gasteiger partial charge on any atom is 0.340 e. The van der Waals surface area contributed by atoms with Crippen LogP contribution in [0, 0.1) is 4.91 Å². The van der Waals surface area contributed by atoms with Crippen LogP contribution in [-0.2, 0) is 9.47 Å². The average molecular weight is 312 g/mol. The van der Waals surface area contributed by atoms with Crippen LogP contribution < -0.4 is 5.32 Å². The van der Waals surface area contributed by atoms with Crippen molar-refractivity contribution in [1.82, 2.24) is 10.3 Å². The van der Waals surface area contributed by atoms with E-state index >= 15 is 0 Å². The zero-order valence-corrected chi connectivity index (χ0v) is 11.7. The van der Waals surface area contributed by atoms with Gasteiger partial charge in [-0.15, -0.1) is 16.5 Å². The lowest BCUT2D eigenvalue weighted by Gasteiger charge is -2.38. The number of methoxy groups -OCH3 is 1. The Morgan fingerprint density at radius 3 is 2.85 bits per heavy atom. The molecule has 0 aromatic carbocycles. The average Bonchev–Trinajstić information content (AvgIpc) is 2.46. The number of halogens is 1. The summed E-state index contributed by atoms with van der Waals surface area (Å²) in [5.41, 5.74) is 0. The van der Waals surface area contributed by atoms with Gasteiger partial charge in [-0.05, 0) is 0 Å². The molecule has 10 heteroatoms. The summed E-state index contributed by atoms with van der Waals surface area (Å²) >= 11 is 5.43. The number of rotatable bonds is 6. The van der Waals surface area contributed by atoms with Crippen LogP contribution in [0.3, 0.4) is 0 Å². The van der Waals surface area contributed by atoms with Gasteiger partial charge in [0.05, 0.1) is 30.6 Å². The molecule has 1 saturated heterocycles. The molecule has 1 fully saturated rings. The zero-order chi connectivity index (χ0) is 15.1. The number of nitrogens with zero attached hydrogens (tertiary/aromatic N) is 2. The highest BCUT2D eigenvalue weighted by Gasteiger charge is 2.39. The third-order valence-corrected chi connectivity index (χ3v) is 3.11. The number of aliphatic hydroxyl groups excluding tert-OH is 2. The lowest BCUT2D eigenvalue weighted by molar-refractivity contribution is -0.220. The second kappa shape index (κ2) is 8.32. The Hall–Kier alpha value is -1.00. The van der Waals surface area contributed by atoms with Crippen LogP contribution in [0.15, 0.2) is 5.29 Å². The van der Waals surface area contributed by atoms with Gasteiger partial charge in [-0.1, -0.05) is 0 Å². The Labute approximate surface area is 120 Å². The Morgan fingerprint density at radius 1 is 1.65 bits per heavy atom. The topological polar surface area (TPSA) is 121 Å². The second-order valence-electron chi connectivity index (χ2n) is 4.19. The van der Waals surface area contributed by atoms with E-state index in [0.717, 1.165) is 0 Å². The molecular weight excluding hydrogens is 294 g/mol. The van der Waals surface area contributed by atoms with E-state index in [-0.39, 0.29) is 18.8 Å². The summed E-state index contributed by atoms with van der Waals surface area (Å²) in [5, 5.41) is 24.7. The maximum atomic E-state index is 11.8. The summed E-state index contributed by atoms with van der Waals surface area (Å²) in [6.45, 7) is -0.489. The molecule has 1 heterocycles. The lowest BCUT2D eigenvalue weighted by atomic mass is 9.99. The fraction of sp³-hybridized carbons (Fsp3) is 0.900. The molecule has 9 nitrogen and oxygen atoms in total. The summed E-state index contributed by atoms with van der Waals surface area (Å²) in [6, 6.07) is -1.69.